The van der Waals surface area contributed by atoms with Crippen molar-refractivity contribution in [2.45, 2.75) is 18.4 Å². The van der Waals surface area contributed by atoms with Gasteiger partial charge in [0.25, 0.3) is 0 Å². The molecule has 104 valence electrons. The number of fused-ring (bicyclic) bond motifs is 1. The van der Waals surface area contributed by atoms with Gasteiger partial charge in [0.05, 0.1) is 5.02 Å². The van der Waals surface area contributed by atoms with E-state index < -0.39 is 11.4 Å². The van der Waals surface area contributed by atoms with Gasteiger partial charge >= 0.3 is 0 Å². The highest BCUT2D eigenvalue weighted by Gasteiger charge is 2.40. The number of halogens is 3. The van der Waals surface area contributed by atoms with E-state index in [1.807, 2.05) is 6.07 Å². The van der Waals surface area contributed by atoms with Crippen LogP contribution in [0.3, 0.4) is 0 Å². The van der Waals surface area contributed by atoms with Crippen molar-refractivity contribution in [3.8, 4) is 0 Å². The number of anilines is 1. The average molecular weight is 357 g/mol. The molecule has 0 aliphatic heterocycles. The zero-order chi connectivity index (χ0) is 14.5. The summed E-state index contributed by atoms with van der Waals surface area (Å²) in [6.45, 7) is 0. The molecule has 3 rings (SSSR count). The van der Waals surface area contributed by atoms with Gasteiger partial charge in [-0.15, -0.1) is 0 Å². The summed E-state index contributed by atoms with van der Waals surface area (Å²) in [5.41, 5.74) is 6.89. The van der Waals surface area contributed by atoms with Gasteiger partial charge in [-0.25, -0.2) is 4.39 Å². The summed E-state index contributed by atoms with van der Waals surface area (Å²) in [5, 5.41) is 10.9. The lowest BCUT2D eigenvalue weighted by molar-refractivity contribution is 0.0789. The van der Waals surface area contributed by atoms with Crippen LogP contribution >= 0.6 is 27.5 Å². The molecule has 0 bridgehead atoms. The van der Waals surface area contributed by atoms with Gasteiger partial charge in [0.15, 0.2) is 0 Å². The standard InChI is InChI=1S/C15H12BrClFNO/c16-12-4-3-11(14(18)13(12)17)15(20)6-5-8-7-9(19)1-2-10(8)15/h1-4,7,20H,5-6,19H2. The van der Waals surface area contributed by atoms with Crippen molar-refractivity contribution in [3.05, 3.63) is 62.3 Å². The summed E-state index contributed by atoms with van der Waals surface area (Å²) in [6, 6.07) is 8.51. The number of aliphatic hydroxyl groups is 1. The molecule has 0 amide bonds. The molecule has 0 aromatic heterocycles. The molecule has 20 heavy (non-hydrogen) atoms. The van der Waals surface area contributed by atoms with Crippen LogP contribution in [0.4, 0.5) is 10.1 Å². The van der Waals surface area contributed by atoms with Crippen LogP contribution < -0.4 is 5.73 Å². The molecule has 0 spiro atoms. The first-order valence-electron chi connectivity index (χ1n) is 6.19. The minimum absolute atomic E-state index is 0.0141. The highest BCUT2D eigenvalue weighted by molar-refractivity contribution is 9.10. The maximum Gasteiger partial charge on any atom is 0.149 e. The molecule has 0 heterocycles. The van der Waals surface area contributed by atoms with E-state index in [0.717, 1.165) is 5.56 Å². The van der Waals surface area contributed by atoms with E-state index in [2.05, 4.69) is 15.9 Å². The van der Waals surface area contributed by atoms with Crippen LogP contribution in [0, 0.1) is 5.82 Å². The Morgan fingerprint density at radius 3 is 2.70 bits per heavy atom. The number of benzene rings is 2. The number of rotatable bonds is 1. The van der Waals surface area contributed by atoms with E-state index in [1.165, 1.54) is 0 Å². The predicted molar refractivity (Wildman–Crippen MR) is 81.3 cm³/mol. The van der Waals surface area contributed by atoms with Crippen LogP contribution in [0.15, 0.2) is 34.8 Å². The molecular weight excluding hydrogens is 345 g/mol. The lowest BCUT2D eigenvalue weighted by Gasteiger charge is -2.26. The van der Waals surface area contributed by atoms with Crippen LogP contribution in [-0.4, -0.2) is 5.11 Å². The number of nitrogens with two attached hydrogens (primary N) is 1. The maximum absolute atomic E-state index is 14.4. The molecule has 0 fully saturated rings. The highest BCUT2D eigenvalue weighted by Crippen LogP contribution is 2.45. The van der Waals surface area contributed by atoms with Crippen LogP contribution in [0.25, 0.3) is 0 Å². The van der Waals surface area contributed by atoms with Gasteiger partial charge in [-0.1, -0.05) is 23.7 Å². The van der Waals surface area contributed by atoms with Crippen molar-refractivity contribution in [2.75, 3.05) is 5.73 Å². The van der Waals surface area contributed by atoms with Gasteiger partial charge < -0.3 is 10.8 Å². The van der Waals surface area contributed by atoms with Crippen molar-refractivity contribution >= 4 is 33.2 Å². The smallest absolute Gasteiger partial charge is 0.149 e. The van der Waals surface area contributed by atoms with Gasteiger partial charge in [-0.2, -0.15) is 0 Å². The third-order valence-electron chi connectivity index (χ3n) is 3.81. The Labute approximate surface area is 129 Å². The fourth-order valence-electron chi connectivity index (χ4n) is 2.80. The third kappa shape index (κ3) is 1.94. The first kappa shape index (κ1) is 13.9. The Morgan fingerprint density at radius 1 is 1.25 bits per heavy atom. The van der Waals surface area contributed by atoms with E-state index in [-0.39, 0.29) is 10.6 Å². The van der Waals surface area contributed by atoms with E-state index in [9.17, 15) is 9.50 Å². The van der Waals surface area contributed by atoms with E-state index >= 15 is 0 Å². The monoisotopic (exact) mass is 355 g/mol. The van der Waals surface area contributed by atoms with Crippen molar-refractivity contribution in [3.63, 3.8) is 0 Å². The highest BCUT2D eigenvalue weighted by atomic mass is 79.9. The van der Waals surface area contributed by atoms with Crippen LogP contribution in [-0.2, 0) is 12.0 Å². The SMILES string of the molecule is Nc1ccc2c(c1)CCC2(O)c1ccc(Br)c(Cl)c1F. The number of aryl methyl sites for hydroxylation is 1. The molecule has 1 atom stereocenters. The molecule has 1 unspecified atom stereocenters. The topological polar surface area (TPSA) is 46.2 Å². The molecule has 5 heteroatoms. The van der Waals surface area contributed by atoms with Crippen LogP contribution in [0.1, 0.15) is 23.1 Å². The Kier molecular flexibility index (Phi) is 3.27. The third-order valence-corrected chi connectivity index (χ3v) is 5.07. The molecule has 2 nitrogen and oxygen atoms in total. The first-order valence-corrected chi connectivity index (χ1v) is 7.36. The Morgan fingerprint density at radius 2 is 1.95 bits per heavy atom. The summed E-state index contributed by atoms with van der Waals surface area (Å²) < 4.78 is 14.9. The molecule has 2 aromatic rings. The summed E-state index contributed by atoms with van der Waals surface area (Å²) in [6.07, 6.45) is 1.07. The zero-order valence-electron chi connectivity index (χ0n) is 10.5. The molecular formula is C15H12BrClFNO. The predicted octanol–water partition coefficient (Wildman–Crippen LogP) is 4.01. The second-order valence-electron chi connectivity index (χ2n) is 5.00. The average Bonchev–Trinajstić information content (AvgIpc) is 2.74. The summed E-state index contributed by atoms with van der Waals surface area (Å²) in [4.78, 5) is 0. The summed E-state index contributed by atoms with van der Waals surface area (Å²) in [5.74, 6) is -0.590. The van der Waals surface area contributed by atoms with Crippen molar-refractivity contribution in [1.29, 1.82) is 0 Å². The quantitative estimate of drug-likeness (QED) is 0.599. The second-order valence-corrected chi connectivity index (χ2v) is 6.23. The molecule has 0 radical (unpaired) electrons. The number of hydrogen-bond donors (Lipinski definition) is 2. The Bertz CT molecular complexity index is 707. The molecule has 0 saturated carbocycles. The summed E-state index contributed by atoms with van der Waals surface area (Å²) in [7, 11) is 0. The fourth-order valence-corrected chi connectivity index (χ4v) is 3.27. The van der Waals surface area contributed by atoms with Gasteiger partial charge in [-0.05, 0) is 58.1 Å². The van der Waals surface area contributed by atoms with E-state index in [1.54, 1.807) is 24.3 Å². The lowest BCUT2D eigenvalue weighted by atomic mass is 9.87. The van der Waals surface area contributed by atoms with Crippen molar-refractivity contribution in [1.82, 2.24) is 0 Å². The van der Waals surface area contributed by atoms with Gasteiger partial charge in [0.1, 0.15) is 11.4 Å². The molecule has 1 aliphatic carbocycles. The lowest BCUT2D eigenvalue weighted by Crippen LogP contribution is -2.25. The Hall–Kier alpha value is -1.10. The minimum atomic E-state index is -1.35. The van der Waals surface area contributed by atoms with Gasteiger partial charge in [-0.3, -0.25) is 0 Å². The molecule has 3 N–H and O–H groups in total. The minimum Gasteiger partial charge on any atom is -0.399 e. The van der Waals surface area contributed by atoms with Crippen molar-refractivity contribution < 1.29 is 9.50 Å². The van der Waals surface area contributed by atoms with Crippen LogP contribution in [0.5, 0.6) is 0 Å². The number of nitrogen functional groups attached to an aromatic ring is 1. The largest absolute Gasteiger partial charge is 0.399 e. The number of hydrogen-bond acceptors (Lipinski definition) is 2. The first-order chi connectivity index (χ1) is 9.43. The van der Waals surface area contributed by atoms with Crippen molar-refractivity contribution in [2.24, 2.45) is 0 Å². The molecule has 1 aliphatic rings. The second kappa shape index (κ2) is 4.72. The normalized spacial score (nSPS) is 21.0. The van der Waals surface area contributed by atoms with Gasteiger partial charge in [0.2, 0.25) is 0 Å². The zero-order valence-corrected chi connectivity index (χ0v) is 12.8. The molecule has 2 aromatic carbocycles. The molecule has 0 saturated heterocycles. The van der Waals surface area contributed by atoms with Crippen LogP contribution in [0.2, 0.25) is 5.02 Å². The summed E-state index contributed by atoms with van der Waals surface area (Å²) >= 11 is 9.10. The van der Waals surface area contributed by atoms with E-state index in [4.69, 9.17) is 17.3 Å². The maximum atomic E-state index is 14.4. The Balaban J connectivity index is 2.19. The van der Waals surface area contributed by atoms with E-state index in [0.29, 0.717) is 28.6 Å². The van der Waals surface area contributed by atoms with Gasteiger partial charge in [0, 0.05) is 15.7 Å². The fraction of sp³-hybridized carbons (Fsp3) is 0.200.